The summed E-state index contributed by atoms with van der Waals surface area (Å²) in [4.78, 5) is 22.7. The topological polar surface area (TPSA) is 66.4 Å². The molecule has 1 atom stereocenters. The molecule has 0 spiro atoms. The number of rotatable bonds is 5. The lowest BCUT2D eigenvalue weighted by molar-refractivity contribution is -0.143. The maximum absolute atomic E-state index is 11.8. The van der Waals surface area contributed by atoms with E-state index in [2.05, 4.69) is 5.32 Å². The van der Waals surface area contributed by atoms with Gasteiger partial charge in [-0.1, -0.05) is 33.1 Å². The van der Waals surface area contributed by atoms with Crippen molar-refractivity contribution in [3.05, 3.63) is 0 Å². The van der Waals surface area contributed by atoms with Crippen molar-refractivity contribution < 1.29 is 14.7 Å². The van der Waals surface area contributed by atoms with Gasteiger partial charge in [-0.05, 0) is 24.7 Å². The molecule has 0 aromatic heterocycles. The molecule has 1 saturated carbocycles. The number of aliphatic carboxylic acids is 1. The molecule has 4 nitrogen and oxygen atoms in total. The Morgan fingerprint density at radius 3 is 2.29 bits per heavy atom. The van der Waals surface area contributed by atoms with E-state index in [1.54, 1.807) is 13.8 Å². The molecule has 1 amide bonds. The molecule has 0 radical (unpaired) electrons. The van der Waals surface area contributed by atoms with Crippen LogP contribution < -0.4 is 5.32 Å². The third-order valence-electron chi connectivity index (χ3n) is 3.45. The Hall–Kier alpha value is -1.06. The number of hydrogen-bond donors (Lipinski definition) is 2. The van der Waals surface area contributed by atoms with Crippen LogP contribution in [0.2, 0.25) is 0 Å². The third kappa shape index (κ3) is 4.75. The van der Waals surface area contributed by atoms with Gasteiger partial charge in [-0.15, -0.1) is 0 Å². The minimum atomic E-state index is -0.947. The van der Waals surface area contributed by atoms with Crippen LogP contribution >= 0.6 is 0 Å². The first-order chi connectivity index (χ1) is 8.00. The van der Waals surface area contributed by atoms with Crippen molar-refractivity contribution in [1.29, 1.82) is 0 Å². The zero-order valence-corrected chi connectivity index (χ0v) is 10.7. The van der Waals surface area contributed by atoms with Gasteiger partial charge in [0.1, 0.15) is 6.04 Å². The molecule has 1 fully saturated rings. The van der Waals surface area contributed by atoms with Crippen LogP contribution in [0, 0.1) is 11.8 Å². The van der Waals surface area contributed by atoms with E-state index in [9.17, 15) is 9.59 Å². The summed E-state index contributed by atoms with van der Waals surface area (Å²) >= 11 is 0. The van der Waals surface area contributed by atoms with Crippen molar-refractivity contribution in [2.45, 2.75) is 58.4 Å². The van der Waals surface area contributed by atoms with Crippen LogP contribution in [0.5, 0.6) is 0 Å². The second kappa shape index (κ2) is 6.62. The number of amides is 1. The van der Waals surface area contributed by atoms with Crippen LogP contribution in [-0.2, 0) is 9.59 Å². The van der Waals surface area contributed by atoms with Crippen LogP contribution in [-0.4, -0.2) is 23.0 Å². The van der Waals surface area contributed by atoms with Crippen molar-refractivity contribution >= 4 is 11.9 Å². The summed E-state index contributed by atoms with van der Waals surface area (Å²) in [6.07, 6.45) is 6.35. The minimum absolute atomic E-state index is 0.0807. The van der Waals surface area contributed by atoms with Gasteiger partial charge in [-0.2, -0.15) is 0 Å². The molecule has 0 saturated heterocycles. The van der Waals surface area contributed by atoms with Crippen molar-refractivity contribution in [1.82, 2.24) is 5.32 Å². The van der Waals surface area contributed by atoms with Gasteiger partial charge in [0.05, 0.1) is 0 Å². The van der Waals surface area contributed by atoms with E-state index in [-0.39, 0.29) is 11.8 Å². The SMILES string of the molecule is CC(C)[C@H](NC(=O)CC1CCCCC1)C(=O)O. The Balaban J connectivity index is 2.38. The molecule has 17 heavy (non-hydrogen) atoms. The molecule has 0 unspecified atom stereocenters. The summed E-state index contributed by atoms with van der Waals surface area (Å²) in [5.74, 6) is -0.692. The van der Waals surface area contributed by atoms with Crippen LogP contribution in [0.1, 0.15) is 52.4 Å². The van der Waals surface area contributed by atoms with Gasteiger partial charge in [0.15, 0.2) is 0 Å². The van der Waals surface area contributed by atoms with Gasteiger partial charge in [0.25, 0.3) is 0 Å². The highest BCUT2D eigenvalue weighted by molar-refractivity contribution is 5.83. The van der Waals surface area contributed by atoms with E-state index < -0.39 is 12.0 Å². The fourth-order valence-electron chi connectivity index (χ4n) is 2.40. The summed E-state index contributed by atoms with van der Waals surface area (Å²) in [7, 11) is 0. The number of carbonyl (C=O) groups is 2. The molecule has 1 aliphatic rings. The van der Waals surface area contributed by atoms with Gasteiger partial charge in [0.2, 0.25) is 5.91 Å². The van der Waals surface area contributed by atoms with E-state index in [0.29, 0.717) is 12.3 Å². The molecule has 2 N–H and O–H groups in total. The van der Waals surface area contributed by atoms with Crippen LogP contribution in [0.4, 0.5) is 0 Å². The first-order valence-electron chi connectivity index (χ1n) is 6.53. The highest BCUT2D eigenvalue weighted by atomic mass is 16.4. The Morgan fingerprint density at radius 2 is 1.82 bits per heavy atom. The normalized spacial score (nSPS) is 19.0. The second-order valence-corrected chi connectivity index (χ2v) is 5.34. The second-order valence-electron chi connectivity index (χ2n) is 5.34. The smallest absolute Gasteiger partial charge is 0.326 e. The summed E-state index contributed by atoms with van der Waals surface area (Å²) in [6.45, 7) is 3.61. The Bertz CT molecular complexity index is 270. The van der Waals surface area contributed by atoms with Crippen LogP contribution in [0.3, 0.4) is 0 Å². The third-order valence-corrected chi connectivity index (χ3v) is 3.45. The van der Waals surface area contributed by atoms with Crippen molar-refractivity contribution in [3.8, 4) is 0 Å². The minimum Gasteiger partial charge on any atom is -0.480 e. The number of carboxylic acid groups (broad SMARTS) is 1. The fraction of sp³-hybridized carbons (Fsp3) is 0.846. The van der Waals surface area contributed by atoms with Gasteiger partial charge >= 0.3 is 5.97 Å². The molecule has 1 rings (SSSR count). The lowest BCUT2D eigenvalue weighted by atomic mass is 9.86. The molecular weight excluding hydrogens is 218 g/mol. The number of carbonyl (C=O) groups excluding carboxylic acids is 1. The summed E-state index contributed by atoms with van der Waals surface area (Å²) < 4.78 is 0. The van der Waals surface area contributed by atoms with Gasteiger partial charge < -0.3 is 10.4 Å². The Morgan fingerprint density at radius 1 is 1.24 bits per heavy atom. The highest BCUT2D eigenvalue weighted by Gasteiger charge is 2.25. The monoisotopic (exact) mass is 241 g/mol. The first kappa shape index (κ1) is 14.0. The van der Waals surface area contributed by atoms with E-state index in [0.717, 1.165) is 12.8 Å². The fourth-order valence-corrected chi connectivity index (χ4v) is 2.40. The van der Waals surface area contributed by atoms with E-state index in [1.807, 2.05) is 0 Å². The standard InChI is InChI=1S/C13H23NO3/c1-9(2)12(13(16)17)14-11(15)8-10-6-4-3-5-7-10/h9-10,12H,3-8H2,1-2H3,(H,14,15)(H,16,17)/t12-/m0/s1. The summed E-state index contributed by atoms with van der Waals surface area (Å²) in [6, 6.07) is -0.758. The van der Waals surface area contributed by atoms with E-state index >= 15 is 0 Å². The van der Waals surface area contributed by atoms with Crippen LogP contribution in [0.25, 0.3) is 0 Å². The molecule has 4 heteroatoms. The van der Waals surface area contributed by atoms with Crippen molar-refractivity contribution in [2.24, 2.45) is 11.8 Å². The molecule has 98 valence electrons. The van der Waals surface area contributed by atoms with Gasteiger partial charge in [-0.3, -0.25) is 4.79 Å². The molecule has 1 aliphatic carbocycles. The zero-order chi connectivity index (χ0) is 12.8. The predicted molar refractivity (Wildman–Crippen MR) is 65.6 cm³/mol. The van der Waals surface area contributed by atoms with Gasteiger partial charge in [-0.25, -0.2) is 4.79 Å². The highest BCUT2D eigenvalue weighted by Crippen LogP contribution is 2.26. The molecule has 0 aromatic carbocycles. The lowest BCUT2D eigenvalue weighted by Crippen LogP contribution is -2.44. The van der Waals surface area contributed by atoms with E-state index in [1.165, 1.54) is 19.3 Å². The predicted octanol–water partition coefficient (Wildman–Crippen LogP) is 2.18. The first-order valence-corrected chi connectivity index (χ1v) is 6.53. The quantitative estimate of drug-likeness (QED) is 0.775. The Labute approximate surface area is 103 Å². The summed E-state index contributed by atoms with van der Waals surface area (Å²) in [5.41, 5.74) is 0. The maximum Gasteiger partial charge on any atom is 0.326 e. The van der Waals surface area contributed by atoms with E-state index in [4.69, 9.17) is 5.11 Å². The molecular formula is C13H23NO3. The largest absolute Gasteiger partial charge is 0.480 e. The summed E-state index contributed by atoms with van der Waals surface area (Å²) in [5, 5.41) is 11.6. The Kier molecular flexibility index (Phi) is 5.45. The van der Waals surface area contributed by atoms with Crippen molar-refractivity contribution in [3.63, 3.8) is 0 Å². The maximum atomic E-state index is 11.8. The average Bonchev–Trinajstić information content (AvgIpc) is 2.26. The molecule has 0 aliphatic heterocycles. The molecule has 0 heterocycles. The number of nitrogens with one attached hydrogen (secondary N) is 1. The molecule has 0 bridgehead atoms. The van der Waals surface area contributed by atoms with Gasteiger partial charge in [0, 0.05) is 6.42 Å². The molecule has 0 aromatic rings. The zero-order valence-electron chi connectivity index (χ0n) is 10.7. The lowest BCUT2D eigenvalue weighted by Gasteiger charge is -2.23. The number of hydrogen-bond acceptors (Lipinski definition) is 2. The van der Waals surface area contributed by atoms with Crippen molar-refractivity contribution in [2.75, 3.05) is 0 Å². The average molecular weight is 241 g/mol. The number of carboxylic acids is 1. The van der Waals surface area contributed by atoms with Crippen LogP contribution in [0.15, 0.2) is 0 Å².